The molecule has 0 radical (unpaired) electrons. The van der Waals surface area contributed by atoms with Crippen molar-refractivity contribution in [3.63, 3.8) is 0 Å². The van der Waals surface area contributed by atoms with Crippen LogP contribution < -0.4 is 9.64 Å². The second kappa shape index (κ2) is 8.03. The standard InChI is InChI=1S/C23H27NO4S/c1-5-28-21-12-10-19(11-13-21)24(20-14-15-29(26,27)16-20)22(25)17-6-8-18(9-7-17)23(2,3)4/h6-15,20H,5,16H2,1-4H3/t20-/m1/s1. The summed E-state index contributed by atoms with van der Waals surface area (Å²) in [6, 6.07) is 14.1. The van der Waals surface area contributed by atoms with E-state index in [2.05, 4.69) is 20.8 Å². The molecule has 0 fully saturated rings. The summed E-state index contributed by atoms with van der Waals surface area (Å²) in [5, 5.41) is 1.19. The second-order valence-electron chi connectivity index (χ2n) is 8.15. The van der Waals surface area contributed by atoms with Gasteiger partial charge >= 0.3 is 0 Å². The van der Waals surface area contributed by atoms with Gasteiger partial charge in [-0.3, -0.25) is 4.79 Å². The van der Waals surface area contributed by atoms with Crippen LogP contribution in [-0.4, -0.2) is 32.7 Å². The number of hydrogen-bond acceptors (Lipinski definition) is 4. The quantitative estimate of drug-likeness (QED) is 0.731. The van der Waals surface area contributed by atoms with Gasteiger partial charge in [0, 0.05) is 16.7 Å². The zero-order valence-electron chi connectivity index (χ0n) is 17.3. The van der Waals surface area contributed by atoms with Crippen LogP contribution in [0.4, 0.5) is 5.69 Å². The number of hydrogen-bond donors (Lipinski definition) is 0. The zero-order chi connectivity index (χ0) is 21.2. The lowest BCUT2D eigenvalue weighted by atomic mass is 9.86. The van der Waals surface area contributed by atoms with Crippen molar-refractivity contribution in [2.45, 2.75) is 39.2 Å². The Hall–Kier alpha value is -2.60. The lowest BCUT2D eigenvalue weighted by Gasteiger charge is -2.28. The van der Waals surface area contributed by atoms with Gasteiger partial charge in [0.1, 0.15) is 5.75 Å². The number of benzene rings is 2. The summed E-state index contributed by atoms with van der Waals surface area (Å²) in [6.45, 7) is 8.80. The van der Waals surface area contributed by atoms with E-state index in [1.807, 2.05) is 19.1 Å². The molecule has 0 N–H and O–H groups in total. The molecule has 0 aliphatic carbocycles. The van der Waals surface area contributed by atoms with Crippen molar-refractivity contribution >= 4 is 21.4 Å². The van der Waals surface area contributed by atoms with E-state index in [1.165, 1.54) is 5.41 Å². The Balaban J connectivity index is 1.96. The van der Waals surface area contributed by atoms with Gasteiger partial charge in [-0.2, -0.15) is 0 Å². The fourth-order valence-corrected chi connectivity index (χ4v) is 4.57. The Morgan fingerprint density at radius 2 is 1.69 bits per heavy atom. The Bertz CT molecular complexity index is 1000. The third kappa shape index (κ3) is 4.88. The van der Waals surface area contributed by atoms with Crippen molar-refractivity contribution in [1.29, 1.82) is 0 Å². The molecule has 5 nitrogen and oxygen atoms in total. The molecule has 1 heterocycles. The predicted octanol–water partition coefficient (Wildman–Crippen LogP) is 4.34. The minimum absolute atomic E-state index is 0.0152. The van der Waals surface area contributed by atoms with Crippen LogP contribution in [0.5, 0.6) is 5.75 Å². The van der Waals surface area contributed by atoms with Crippen molar-refractivity contribution in [2.75, 3.05) is 17.3 Å². The van der Waals surface area contributed by atoms with Crippen LogP contribution in [0, 0.1) is 0 Å². The maximum absolute atomic E-state index is 13.4. The highest BCUT2D eigenvalue weighted by molar-refractivity contribution is 7.94. The van der Waals surface area contributed by atoms with Crippen LogP contribution in [0.25, 0.3) is 0 Å². The van der Waals surface area contributed by atoms with Crippen LogP contribution in [-0.2, 0) is 15.3 Å². The second-order valence-corrected chi connectivity index (χ2v) is 10.1. The third-order valence-corrected chi connectivity index (χ3v) is 6.26. The molecule has 0 bridgehead atoms. The highest BCUT2D eigenvalue weighted by Gasteiger charge is 2.32. The number of carbonyl (C=O) groups excluding carboxylic acids is 1. The van der Waals surface area contributed by atoms with E-state index in [4.69, 9.17) is 4.74 Å². The van der Waals surface area contributed by atoms with Crippen LogP contribution in [0.15, 0.2) is 60.0 Å². The van der Waals surface area contributed by atoms with E-state index in [0.29, 0.717) is 23.6 Å². The maximum Gasteiger partial charge on any atom is 0.258 e. The monoisotopic (exact) mass is 413 g/mol. The molecule has 1 amide bonds. The molecule has 1 atom stereocenters. The van der Waals surface area contributed by atoms with Gasteiger partial charge in [0.2, 0.25) is 0 Å². The zero-order valence-corrected chi connectivity index (χ0v) is 18.1. The van der Waals surface area contributed by atoms with Gasteiger partial charge < -0.3 is 9.64 Å². The fourth-order valence-electron chi connectivity index (χ4n) is 3.30. The first-order chi connectivity index (χ1) is 13.6. The smallest absolute Gasteiger partial charge is 0.258 e. The first kappa shape index (κ1) is 21.1. The van der Waals surface area contributed by atoms with Crippen LogP contribution in [0.2, 0.25) is 0 Å². The number of ether oxygens (including phenoxy) is 1. The largest absolute Gasteiger partial charge is 0.494 e. The molecule has 1 aliphatic heterocycles. The van der Waals surface area contributed by atoms with E-state index in [1.54, 1.807) is 47.4 Å². The normalized spacial score (nSPS) is 17.9. The lowest BCUT2D eigenvalue weighted by molar-refractivity contribution is 0.0983. The molecule has 0 spiro atoms. The van der Waals surface area contributed by atoms with Crippen molar-refractivity contribution in [3.8, 4) is 5.75 Å². The molecule has 0 aromatic heterocycles. The average molecular weight is 414 g/mol. The molecule has 29 heavy (non-hydrogen) atoms. The number of rotatable bonds is 5. The fraction of sp³-hybridized carbons (Fsp3) is 0.348. The molecular weight excluding hydrogens is 386 g/mol. The van der Waals surface area contributed by atoms with Gasteiger partial charge in [-0.15, -0.1) is 0 Å². The Morgan fingerprint density at radius 1 is 1.07 bits per heavy atom. The number of anilines is 1. The van der Waals surface area contributed by atoms with Gasteiger partial charge in [-0.25, -0.2) is 8.42 Å². The van der Waals surface area contributed by atoms with E-state index in [9.17, 15) is 13.2 Å². The molecule has 2 aromatic rings. The molecule has 0 unspecified atom stereocenters. The maximum atomic E-state index is 13.4. The Morgan fingerprint density at radius 3 is 2.17 bits per heavy atom. The molecule has 154 valence electrons. The van der Waals surface area contributed by atoms with Gasteiger partial charge in [-0.1, -0.05) is 32.9 Å². The van der Waals surface area contributed by atoms with Crippen molar-refractivity contribution < 1.29 is 17.9 Å². The van der Waals surface area contributed by atoms with Crippen molar-refractivity contribution in [1.82, 2.24) is 0 Å². The minimum Gasteiger partial charge on any atom is -0.494 e. The van der Waals surface area contributed by atoms with Crippen LogP contribution >= 0.6 is 0 Å². The first-order valence-electron chi connectivity index (χ1n) is 9.68. The van der Waals surface area contributed by atoms with Gasteiger partial charge in [-0.05, 0) is 60.4 Å². The van der Waals surface area contributed by atoms with Gasteiger partial charge in [0.05, 0.1) is 18.4 Å². The molecule has 3 rings (SSSR count). The first-order valence-corrected chi connectivity index (χ1v) is 11.4. The average Bonchev–Trinajstić information content (AvgIpc) is 3.02. The predicted molar refractivity (Wildman–Crippen MR) is 116 cm³/mol. The van der Waals surface area contributed by atoms with E-state index < -0.39 is 15.9 Å². The number of nitrogens with zero attached hydrogens (tertiary/aromatic N) is 1. The molecule has 0 saturated carbocycles. The van der Waals surface area contributed by atoms with Gasteiger partial charge in [0.15, 0.2) is 9.84 Å². The summed E-state index contributed by atoms with van der Waals surface area (Å²) in [5.41, 5.74) is 2.26. The van der Waals surface area contributed by atoms with E-state index in [-0.39, 0.29) is 17.1 Å². The van der Waals surface area contributed by atoms with E-state index >= 15 is 0 Å². The summed E-state index contributed by atoms with van der Waals surface area (Å²) >= 11 is 0. The third-order valence-electron chi connectivity index (χ3n) is 4.89. The summed E-state index contributed by atoms with van der Waals surface area (Å²) in [6.07, 6.45) is 1.58. The van der Waals surface area contributed by atoms with Crippen molar-refractivity contribution in [3.05, 3.63) is 71.1 Å². The number of sulfone groups is 1. The van der Waals surface area contributed by atoms with Crippen LogP contribution in [0.1, 0.15) is 43.6 Å². The summed E-state index contributed by atoms with van der Waals surface area (Å²) < 4.78 is 29.4. The van der Waals surface area contributed by atoms with Gasteiger partial charge in [0.25, 0.3) is 5.91 Å². The number of amides is 1. The molecule has 2 aromatic carbocycles. The SMILES string of the molecule is CCOc1ccc(N(C(=O)c2ccc(C(C)(C)C)cc2)[C@@H]2C=CS(=O)(=O)C2)cc1. The highest BCUT2D eigenvalue weighted by Crippen LogP contribution is 2.28. The lowest BCUT2D eigenvalue weighted by Crippen LogP contribution is -2.41. The summed E-state index contributed by atoms with van der Waals surface area (Å²) in [7, 11) is -3.31. The topological polar surface area (TPSA) is 63.7 Å². The Labute approximate surface area is 172 Å². The molecule has 0 saturated heterocycles. The summed E-state index contributed by atoms with van der Waals surface area (Å²) in [4.78, 5) is 14.9. The highest BCUT2D eigenvalue weighted by atomic mass is 32.2. The number of carbonyl (C=O) groups is 1. The van der Waals surface area contributed by atoms with Crippen LogP contribution in [0.3, 0.4) is 0 Å². The van der Waals surface area contributed by atoms with Crippen molar-refractivity contribution in [2.24, 2.45) is 0 Å². The van der Waals surface area contributed by atoms with E-state index in [0.717, 1.165) is 5.56 Å². The molecule has 6 heteroatoms. The minimum atomic E-state index is -3.31. The molecule has 1 aliphatic rings. The Kier molecular flexibility index (Phi) is 5.85. The summed E-state index contributed by atoms with van der Waals surface area (Å²) in [5.74, 6) is 0.348. The molecular formula is C23H27NO4S.